The monoisotopic (exact) mass is 412 g/mol. The number of benzene rings is 2. The molecule has 3 N–H and O–H groups in total. The van der Waals surface area contributed by atoms with E-state index in [-0.39, 0.29) is 12.2 Å². The van der Waals surface area contributed by atoms with Gasteiger partial charge in [-0.15, -0.1) is 0 Å². The molecule has 3 rings (SSSR count). The Morgan fingerprint density at radius 1 is 1.17 bits per heavy atom. The van der Waals surface area contributed by atoms with Crippen molar-refractivity contribution in [3.05, 3.63) is 53.6 Å². The van der Waals surface area contributed by atoms with Crippen molar-refractivity contribution in [2.75, 3.05) is 11.9 Å². The molecule has 2 amide bonds. The third-order valence-corrected chi connectivity index (χ3v) is 4.51. The molecule has 0 aromatic heterocycles. The summed E-state index contributed by atoms with van der Waals surface area (Å²) >= 11 is 0. The topological polar surface area (TPSA) is 117 Å². The van der Waals surface area contributed by atoms with Crippen LogP contribution in [0.15, 0.2) is 42.5 Å². The number of carbonyl (C=O) groups is 3. The summed E-state index contributed by atoms with van der Waals surface area (Å²) in [5.74, 6) is -0.673. The number of carbonyl (C=O) groups excluding carboxylic acids is 3. The van der Waals surface area contributed by atoms with Gasteiger partial charge in [-0.05, 0) is 51.1 Å². The van der Waals surface area contributed by atoms with Gasteiger partial charge in [0.05, 0.1) is 0 Å². The lowest BCUT2D eigenvalue weighted by molar-refractivity contribution is -0.155. The molecule has 8 nitrogen and oxygen atoms in total. The van der Waals surface area contributed by atoms with E-state index in [0.717, 1.165) is 12.0 Å². The average molecular weight is 412 g/mol. The highest BCUT2D eigenvalue weighted by Crippen LogP contribution is 2.41. The van der Waals surface area contributed by atoms with E-state index in [0.29, 0.717) is 22.7 Å². The number of anilines is 1. The van der Waals surface area contributed by atoms with Crippen LogP contribution in [-0.2, 0) is 20.7 Å². The van der Waals surface area contributed by atoms with Crippen LogP contribution >= 0.6 is 0 Å². The molecule has 1 aliphatic rings. The van der Waals surface area contributed by atoms with Gasteiger partial charge in [-0.1, -0.05) is 12.1 Å². The van der Waals surface area contributed by atoms with Crippen molar-refractivity contribution in [2.24, 2.45) is 5.73 Å². The normalized spacial score (nSPS) is 14.8. The quantitative estimate of drug-likeness (QED) is 0.675. The number of hydrogen-bond acceptors (Lipinski definition) is 6. The predicted molar refractivity (Wildman–Crippen MR) is 109 cm³/mol. The summed E-state index contributed by atoms with van der Waals surface area (Å²) in [6.07, 6.45) is -0.282. The van der Waals surface area contributed by atoms with E-state index in [2.05, 4.69) is 5.32 Å². The molecule has 30 heavy (non-hydrogen) atoms. The molecule has 2 aromatic rings. The van der Waals surface area contributed by atoms with Crippen LogP contribution in [0.1, 0.15) is 36.7 Å². The number of esters is 1. The Balaban J connectivity index is 1.51. The van der Waals surface area contributed by atoms with E-state index >= 15 is 0 Å². The second-order valence-corrected chi connectivity index (χ2v) is 7.63. The van der Waals surface area contributed by atoms with Gasteiger partial charge in [0.1, 0.15) is 5.60 Å². The van der Waals surface area contributed by atoms with Gasteiger partial charge in [0.15, 0.2) is 24.2 Å². The van der Waals surface area contributed by atoms with Gasteiger partial charge in [0.2, 0.25) is 5.91 Å². The SMILES string of the molecule is C[C@@H](OC(=O)COc1cccc2c1OC(C)(C)C2)C(=O)Nc1ccc(C(N)=O)cc1. The van der Waals surface area contributed by atoms with Crippen LogP contribution in [0.5, 0.6) is 11.5 Å². The fourth-order valence-corrected chi connectivity index (χ4v) is 3.08. The molecule has 8 heteroatoms. The van der Waals surface area contributed by atoms with Crippen LogP contribution < -0.4 is 20.5 Å². The lowest BCUT2D eigenvalue weighted by Gasteiger charge is -2.18. The van der Waals surface area contributed by atoms with Crippen molar-refractivity contribution in [2.45, 2.75) is 38.9 Å². The maximum Gasteiger partial charge on any atom is 0.344 e. The Bertz CT molecular complexity index is 968. The van der Waals surface area contributed by atoms with Gasteiger partial charge in [0.25, 0.3) is 5.91 Å². The van der Waals surface area contributed by atoms with E-state index in [1.54, 1.807) is 6.07 Å². The third-order valence-electron chi connectivity index (χ3n) is 4.51. The number of rotatable bonds is 7. The summed E-state index contributed by atoms with van der Waals surface area (Å²) in [7, 11) is 0. The maximum atomic E-state index is 12.2. The first-order chi connectivity index (χ1) is 14.1. The third kappa shape index (κ3) is 5.08. The number of nitrogens with one attached hydrogen (secondary N) is 1. The van der Waals surface area contributed by atoms with Gasteiger partial charge in [-0.3, -0.25) is 9.59 Å². The second kappa shape index (κ2) is 8.44. The number of ether oxygens (including phenoxy) is 3. The highest BCUT2D eigenvalue weighted by atomic mass is 16.6. The highest BCUT2D eigenvalue weighted by Gasteiger charge is 2.32. The molecule has 158 valence electrons. The van der Waals surface area contributed by atoms with E-state index in [1.807, 2.05) is 26.0 Å². The van der Waals surface area contributed by atoms with Gasteiger partial charge >= 0.3 is 5.97 Å². The molecular weight excluding hydrogens is 388 g/mol. The van der Waals surface area contributed by atoms with Crippen molar-refractivity contribution in [3.63, 3.8) is 0 Å². The first-order valence-corrected chi connectivity index (χ1v) is 9.48. The molecule has 2 aromatic carbocycles. The Morgan fingerprint density at radius 2 is 1.87 bits per heavy atom. The summed E-state index contributed by atoms with van der Waals surface area (Å²) in [6, 6.07) is 11.6. The largest absolute Gasteiger partial charge is 0.483 e. The zero-order chi connectivity index (χ0) is 21.9. The lowest BCUT2D eigenvalue weighted by atomic mass is 10.0. The van der Waals surface area contributed by atoms with Crippen LogP contribution in [0.2, 0.25) is 0 Å². The number of para-hydroxylation sites is 1. The number of amides is 2. The molecule has 1 aliphatic heterocycles. The molecule has 0 bridgehead atoms. The molecule has 0 fully saturated rings. The fourth-order valence-electron chi connectivity index (χ4n) is 3.08. The highest BCUT2D eigenvalue weighted by molar-refractivity contribution is 5.96. The molecule has 1 heterocycles. The van der Waals surface area contributed by atoms with E-state index in [4.69, 9.17) is 19.9 Å². The number of primary amides is 1. The Morgan fingerprint density at radius 3 is 2.53 bits per heavy atom. The minimum atomic E-state index is -1.03. The minimum Gasteiger partial charge on any atom is -0.483 e. The summed E-state index contributed by atoms with van der Waals surface area (Å²) in [5.41, 5.74) is 6.64. The van der Waals surface area contributed by atoms with Gasteiger partial charge < -0.3 is 25.3 Å². The zero-order valence-corrected chi connectivity index (χ0v) is 17.1. The molecule has 1 atom stereocenters. The smallest absolute Gasteiger partial charge is 0.344 e. The van der Waals surface area contributed by atoms with E-state index in [1.165, 1.54) is 31.2 Å². The molecule has 0 aliphatic carbocycles. The predicted octanol–water partition coefficient (Wildman–Crippen LogP) is 2.45. The van der Waals surface area contributed by atoms with Crippen molar-refractivity contribution in [3.8, 4) is 11.5 Å². The van der Waals surface area contributed by atoms with Crippen LogP contribution in [-0.4, -0.2) is 36.1 Å². The van der Waals surface area contributed by atoms with Crippen molar-refractivity contribution < 1.29 is 28.6 Å². The number of fused-ring (bicyclic) bond motifs is 1. The summed E-state index contributed by atoms with van der Waals surface area (Å²) in [4.78, 5) is 35.4. The fraction of sp³-hybridized carbons (Fsp3) is 0.318. The first kappa shape index (κ1) is 21.2. The lowest BCUT2D eigenvalue weighted by Crippen LogP contribution is -2.31. The Labute approximate surface area is 174 Å². The molecule has 0 saturated heterocycles. The zero-order valence-electron chi connectivity index (χ0n) is 17.1. The van der Waals surface area contributed by atoms with Crippen LogP contribution in [0.4, 0.5) is 5.69 Å². The van der Waals surface area contributed by atoms with Gasteiger partial charge in [-0.25, -0.2) is 4.79 Å². The minimum absolute atomic E-state index is 0.324. The first-order valence-electron chi connectivity index (χ1n) is 9.48. The molecule has 0 unspecified atom stereocenters. The van der Waals surface area contributed by atoms with E-state index < -0.39 is 23.9 Å². The summed E-state index contributed by atoms with van der Waals surface area (Å²) < 4.78 is 16.6. The molecule has 0 radical (unpaired) electrons. The standard InChI is InChI=1S/C22H24N2O6/c1-13(21(27)24-16-9-7-14(8-10-16)20(23)26)29-18(25)12-28-17-6-4-5-15-11-22(2,3)30-19(15)17/h4-10,13H,11-12H2,1-3H3,(H2,23,26)(H,24,27)/t13-/m1/s1. The maximum absolute atomic E-state index is 12.2. The van der Waals surface area contributed by atoms with E-state index in [9.17, 15) is 14.4 Å². The Kier molecular flexibility index (Phi) is 5.96. The van der Waals surface area contributed by atoms with Crippen LogP contribution in [0, 0.1) is 0 Å². The summed E-state index contributed by atoms with van der Waals surface area (Å²) in [6.45, 7) is 5.06. The molecular formula is C22H24N2O6. The molecule has 0 spiro atoms. The van der Waals surface area contributed by atoms with Crippen molar-refractivity contribution >= 4 is 23.5 Å². The number of nitrogens with two attached hydrogens (primary N) is 1. The number of hydrogen-bond donors (Lipinski definition) is 2. The van der Waals surface area contributed by atoms with Crippen molar-refractivity contribution in [1.29, 1.82) is 0 Å². The average Bonchev–Trinajstić information content (AvgIpc) is 3.01. The van der Waals surface area contributed by atoms with Gasteiger partial charge in [-0.2, -0.15) is 0 Å². The summed E-state index contributed by atoms with van der Waals surface area (Å²) in [5, 5.41) is 2.60. The van der Waals surface area contributed by atoms with Crippen molar-refractivity contribution in [1.82, 2.24) is 0 Å². The molecule has 0 saturated carbocycles. The van der Waals surface area contributed by atoms with Gasteiger partial charge in [0, 0.05) is 23.2 Å². The Hall–Kier alpha value is -3.55. The van der Waals surface area contributed by atoms with Crippen LogP contribution in [0.3, 0.4) is 0 Å². The van der Waals surface area contributed by atoms with Crippen LogP contribution in [0.25, 0.3) is 0 Å². The second-order valence-electron chi connectivity index (χ2n) is 7.63.